The molecule has 1 nitrogen and oxygen atoms in total. The van der Waals surface area contributed by atoms with Gasteiger partial charge in [0.05, 0.1) is 0 Å². The first-order chi connectivity index (χ1) is 5.46. The normalized spacial score (nSPS) is 40.6. The van der Waals surface area contributed by atoms with Crippen molar-refractivity contribution in [3.63, 3.8) is 0 Å². The molecule has 9 heteroatoms. The van der Waals surface area contributed by atoms with Crippen LogP contribution in [0.4, 0.5) is 30.7 Å². The Hall–Kier alpha value is -0.0500. The molecule has 0 aromatic carbocycles. The molecule has 1 aliphatic rings. The third-order valence-electron chi connectivity index (χ3n) is 1.36. The standard InChI is InChI=1S/C4BrF7O/c5-3(9)2(8,13-3)1(6,7)4(10,11)12. The SMILES string of the molecule is FC(F)(F)C(F)(F)C1(F)OC1(F)Br. The van der Waals surface area contributed by atoms with Crippen molar-refractivity contribution < 1.29 is 35.5 Å². The Morgan fingerprint density at radius 3 is 1.38 bits per heavy atom. The molecule has 0 bridgehead atoms. The first kappa shape index (κ1) is 11.0. The number of ether oxygens (including phenoxy) is 1. The van der Waals surface area contributed by atoms with Gasteiger partial charge in [-0.1, -0.05) is 0 Å². The molecule has 2 atom stereocenters. The van der Waals surface area contributed by atoms with Crippen molar-refractivity contribution in [3.8, 4) is 0 Å². The Labute approximate surface area is 75.0 Å². The quantitative estimate of drug-likeness (QED) is 0.408. The Morgan fingerprint density at radius 2 is 1.31 bits per heavy atom. The van der Waals surface area contributed by atoms with Crippen LogP contribution in [0.5, 0.6) is 0 Å². The Morgan fingerprint density at radius 1 is 1.00 bits per heavy atom. The van der Waals surface area contributed by atoms with Gasteiger partial charge in [0.2, 0.25) is 0 Å². The third-order valence-corrected chi connectivity index (χ3v) is 2.03. The highest BCUT2D eigenvalue weighted by Gasteiger charge is 2.92. The monoisotopic (exact) mass is 276 g/mol. The van der Waals surface area contributed by atoms with E-state index in [0.717, 1.165) is 0 Å². The first-order valence-electron chi connectivity index (χ1n) is 2.67. The van der Waals surface area contributed by atoms with Crippen molar-refractivity contribution >= 4 is 15.9 Å². The van der Waals surface area contributed by atoms with Gasteiger partial charge in [-0.2, -0.15) is 30.7 Å². The van der Waals surface area contributed by atoms with E-state index in [9.17, 15) is 30.7 Å². The molecule has 1 rings (SSSR count). The second-order valence-corrected chi connectivity index (χ2v) is 3.31. The highest BCUT2D eigenvalue weighted by Crippen LogP contribution is 2.66. The van der Waals surface area contributed by atoms with E-state index in [0.29, 0.717) is 0 Å². The lowest BCUT2D eigenvalue weighted by Crippen LogP contribution is -2.49. The van der Waals surface area contributed by atoms with E-state index in [1.54, 1.807) is 15.9 Å². The molecular formula is C4BrF7O. The molecule has 0 aromatic rings. The van der Waals surface area contributed by atoms with Crippen LogP contribution in [0.1, 0.15) is 0 Å². The maximum atomic E-state index is 12.4. The van der Waals surface area contributed by atoms with Gasteiger partial charge in [0, 0.05) is 0 Å². The zero-order chi connectivity index (χ0) is 10.7. The van der Waals surface area contributed by atoms with Crippen LogP contribution in [0.15, 0.2) is 0 Å². The lowest BCUT2D eigenvalue weighted by Gasteiger charge is -2.20. The molecule has 1 aliphatic heterocycles. The minimum absolute atomic E-state index is 1.59. The zero-order valence-electron chi connectivity index (χ0n) is 5.43. The van der Waals surface area contributed by atoms with Gasteiger partial charge in [0.15, 0.2) is 0 Å². The minimum Gasteiger partial charge on any atom is -0.284 e. The van der Waals surface area contributed by atoms with E-state index in [1.807, 2.05) is 0 Å². The van der Waals surface area contributed by atoms with E-state index < -0.39 is 22.7 Å². The average molecular weight is 277 g/mol. The van der Waals surface area contributed by atoms with Gasteiger partial charge in [-0.3, -0.25) is 4.74 Å². The van der Waals surface area contributed by atoms with Crippen LogP contribution in [-0.2, 0) is 4.74 Å². The van der Waals surface area contributed by atoms with E-state index in [-0.39, 0.29) is 0 Å². The number of hydrogen-bond acceptors (Lipinski definition) is 1. The lowest BCUT2D eigenvalue weighted by atomic mass is 10.2. The number of hydrogen-bond donors (Lipinski definition) is 0. The highest BCUT2D eigenvalue weighted by atomic mass is 79.9. The van der Waals surface area contributed by atoms with E-state index in [1.165, 1.54) is 0 Å². The van der Waals surface area contributed by atoms with Crippen molar-refractivity contribution in [1.29, 1.82) is 0 Å². The van der Waals surface area contributed by atoms with Crippen molar-refractivity contribution in [2.24, 2.45) is 0 Å². The summed E-state index contributed by atoms with van der Waals surface area (Å²) in [5.41, 5.74) is 0. The smallest absolute Gasteiger partial charge is 0.284 e. The third kappa shape index (κ3) is 1.24. The number of rotatable bonds is 1. The van der Waals surface area contributed by atoms with Crippen LogP contribution in [0.25, 0.3) is 0 Å². The fourth-order valence-corrected chi connectivity index (χ4v) is 1.05. The predicted molar refractivity (Wildman–Crippen MR) is 28.7 cm³/mol. The van der Waals surface area contributed by atoms with Crippen molar-refractivity contribution in [2.45, 2.75) is 22.7 Å². The van der Waals surface area contributed by atoms with Gasteiger partial charge >= 0.3 is 22.7 Å². The second-order valence-electron chi connectivity index (χ2n) is 2.29. The summed E-state index contributed by atoms with van der Waals surface area (Å²) in [6, 6.07) is 0. The lowest BCUT2D eigenvalue weighted by molar-refractivity contribution is -0.325. The topological polar surface area (TPSA) is 12.5 Å². The first-order valence-corrected chi connectivity index (χ1v) is 3.46. The molecule has 1 fully saturated rings. The van der Waals surface area contributed by atoms with Gasteiger partial charge in [-0.15, -0.1) is 0 Å². The van der Waals surface area contributed by atoms with Crippen molar-refractivity contribution in [2.75, 3.05) is 0 Å². The minimum atomic E-state index is -6.20. The molecular weight excluding hydrogens is 277 g/mol. The second kappa shape index (κ2) is 2.30. The summed E-state index contributed by atoms with van der Waals surface area (Å²) in [6.07, 6.45) is -6.20. The molecule has 0 N–H and O–H groups in total. The van der Waals surface area contributed by atoms with Gasteiger partial charge in [-0.05, 0) is 15.9 Å². The molecule has 0 aliphatic carbocycles. The van der Waals surface area contributed by atoms with Crippen LogP contribution < -0.4 is 0 Å². The molecule has 2 unspecified atom stereocenters. The van der Waals surface area contributed by atoms with Crippen LogP contribution in [0.2, 0.25) is 0 Å². The van der Waals surface area contributed by atoms with Crippen LogP contribution in [-0.4, -0.2) is 22.7 Å². The summed E-state index contributed by atoms with van der Waals surface area (Å²) in [4.78, 5) is 0. The summed E-state index contributed by atoms with van der Waals surface area (Å²) in [5, 5.41) is 0. The fraction of sp³-hybridized carbons (Fsp3) is 1.00. The van der Waals surface area contributed by atoms with Gasteiger partial charge < -0.3 is 0 Å². The highest BCUT2D eigenvalue weighted by molar-refractivity contribution is 9.10. The summed E-state index contributed by atoms with van der Waals surface area (Å²) < 4.78 is 82.4. The van der Waals surface area contributed by atoms with Crippen LogP contribution in [0, 0.1) is 0 Å². The van der Waals surface area contributed by atoms with E-state index in [4.69, 9.17) is 0 Å². The Kier molecular flexibility index (Phi) is 1.95. The summed E-state index contributed by atoms with van der Waals surface area (Å²) in [7, 11) is 0. The molecule has 0 aromatic heterocycles. The van der Waals surface area contributed by atoms with Gasteiger partial charge in [0.25, 0.3) is 0 Å². The molecule has 1 heterocycles. The summed E-state index contributed by atoms with van der Waals surface area (Å²) in [5.74, 6) is -10.6. The van der Waals surface area contributed by atoms with Crippen LogP contribution in [0.3, 0.4) is 0 Å². The Balaban J connectivity index is 2.97. The maximum absolute atomic E-state index is 12.4. The van der Waals surface area contributed by atoms with Gasteiger partial charge in [-0.25, -0.2) is 0 Å². The molecule has 13 heavy (non-hydrogen) atoms. The van der Waals surface area contributed by atoms with Crippen molar-refractivity contribution in [3.05, 3.63) is 0 Å². The number of halogens is 8. The van der Waals surface area contributed by atoms with Crippen molar-refractivity contribution in [1.82, 2.24) is 0 Å². The number of epoxide rings is 1. The largest absolute Gasteiger partial charge is 0.459 e. The van der Waals surface area contributed by atoms with Gasteiger partial charge in [0.1, 0.15) is 0 Å². The molecule has 78 valence electrons. The Bertz CT molecular complexity index is 235. The molecule has 0 saturated carbocycles. The molecule has 0 spiro atoms. The predicted octanol–water partition coefficient (Wildman–Crippen LogP) is 2.90. The van der Waals surface area contributed by atoms with Crippen LogP contribution >= 0.6 is 15.9 Å². The summed E-state index contributed by atoms with van der Waals surface area (Å²) >= 11 is 1.59. The average Bonchev–Trinajstić information content (AvgIpc) is 2.31. The molecule has 0 radical (unpaired) electrons. The molecule has 1 saturated heterocycles. The van der Waals surface area contributed by atoms with E-state index >= 15 is 0 Å². The van der Waals surface area contributed by atoms with E-state index in [2.05, 4.69) is 4.74 Å². The molecule has 0 amide bonds. The summed E-state index contributed by atoms with van der Waals surface area (Å²) in [6.45, 7) is 0. The zero-order valence-corrected chi connectivity index (χ0v) is 7.02. The number of alkyl halides is 8. The fourth-order valence-electron chi connectivity index (χ4n) is 0.580. The maximum Gasteiger partial charge on any atom is 0.459 e.